The first kappa shape index (κ1) is 11.7. The first-order valence-electron chi connectivity index (χ1n) is 4.97. The van der Waals surface area contributed by atoms with E-state index in [0.29, 0.717) is 0 Å². The van der Waals surface area contributed by atoms with Crippen LogP contribution in [0.15, 0.2) is 12.2 Å². The number of hydrogen-bond donors (Lipinski definition) is 2. The summed E-state index contributed by atoms with van der Waals surface area (Å²) in [7, 11) is 0. The molecular formula is C10H22N2. The summed E-state index contributed by atoms with van der Waals surface area (Å²) in [5.41, 5.74) is 10.7. The zero-order valence-corrected chi connectivity index (χ0v) is 7.97. The Morgan fingerprint density at radius 2 is 1.08 bits per heavy atom. The van der Waals surface area contributed by atoms with Crippen molar-refractivity contribution in [1.82, 2.24) is 0 Å². The summed E-state index contributed by atoms with van der Waals surface area (Å²) in [6, 6.07) is 0. The molecule has 0 spiro atoms. The third-order valence-electron chi connectivity index (χ3n) is 1.82. The molecule has 72 valence electrons. The van der Waals surface area contributed by atoms with Gasteiger partial charge in [0, 0.05) is 0 Å². The highest BCUT2D eigenvalue weighted by atomic mass is 14.5. The predicted molar refractivity (Wildman–Crippen MR) is 55.0 cm³/mol. The Labute approximate surface area is 76.0 Å². The highest BCUT2D eigenvalue weighted by Gasteiger charge is 1.83. The van der Waals surface area contributed by atoms with E-state index in [2.05, 4.69) is 12.2 Å². The Morgan fingerprint density at radius 3 is 1.42 bits per heavy atom. The number of allylic oxidation sites excluding steroid dienone is 2. The normalized spacial score (nSPS) is 11.2. The standard InChI is InChI=1S/C10H22N2/c11-9-7-5-3-1-2-4-6-8-10-12/h1-2H,3-12H2/b2-1+. The first-order chi connectivity index (χ1) is 5.91. The summed E-state index contributed by atoms with van der Waals surface area (Å²) in [5, 5.41) is 0. The van der Waals surface area contributed by atoms with Gasteiger partial charge >= 0.3 is 0 Å². The van der Waals surface area contributed by atoms with Gasteiger partial charge in [-0.1, -0.05) is 12.2 Å². The molecule has 12 heavy (non-hydrogen) atoms. The number of unbranched alkanes of at least 4 members (excludes halogenated alkanes) is 4. The molecule has 0 unspecified atom stereocenters. The van der Waals surface area contributed by atoms with Crippen molar-refractivity contribution in [2.75, 3.05) is 13.1 Å². The molecule has 0 saturated heterocycles. The Balaban J connectivity index is 2.93. The molecule has 4 N–H and O–H groups in total. The Kier molecular flexibility index (Phi) is 10.4. The molecular weight excluding hydrogens is 148 g/mol. The minimum Gasteiger partial charge on any atom is -0.330 e. The molecule has 2 heteroatoms. The van der Waals surface area contributed by atoms with E-state index in [-0.39, 0.29) is 0 Å². The predicted octanol–water partition coefficient (Wildman–Crippen LogP) is 1.80. The Morgan fingerprint density at radius 1 is 0.667 bits per heavy atom. The number of hydrogen-bond acceptors (Lipinski definition) is 2. The number of rotatable bonds is 8. The van der Waals surface area contributed by atoms with E-state index >= 15 is 0 Å². The van der Waals surface area contributed by atoms with Gasteiger partial charge in [0.15, 0.2) is 0 Å². The van der Waals surface area contributed by atoms with Crippen molar-refractivity contribution >= 4 is 0 Å². The molecule has 0 bridgehead atoms. The zero-order valence-electron chi connectivity index (χ0n) is 7.97. The lowest BCUT2D eigenvalue weighted by Crippen LogP contribution is -1.97. The molecule has 0 atom stereocenters. The average Bonchev–Trinajstić information content (AvgIpc) is 2.10. The van der Waals surface area contributed by atoms with Crippen LogP contribution in [0.1, 0.15) is 38.5 Å². The van der Waals surface area contributed by atoms with E-state index in [1.807, 2.05) is 0 Å². The van der Waals surface area contributed by atoms with Crippen molar-refractivity contribution in [3.05, 3.63) is 12.2 Å². The fraction of sp³-hybridized carbons (Fsp3) is 0.800. The maximum Gasteiger partial charge on any atom is -0.00772 e. The number of nitrogens with two attached hydrogens (primary N) is 2. The first-order valence-corrected chi connectivity index (χ1v) is 4.97. The van der Waals surface area contributed by atoms with Crippen LogP contribution in [0, 0.1) is 0 Å². The van der Waals surface area contributed by atoms with Crippen molar-refractivity contribution in [3.8, 4) is 0 Å². The van der Waals surface area contributed by atoms with Gasteiger partial charge in [0.2, 0.25) is 0 Å². The van der Waals surface area contributed by atoms with Crippen LogP contribution in [0.3, 0.4) is 0 Å². The highest BCUT2D eigenvalue weighted by Crippen LogP contribution is 1.99. The second-order valence-electron chi connectivity index (χ2n) is 3.04. The van der Waals surface area contributed by atoms with Crippen molar-refractivity contribution in [2.45, 2.75) is 38.5 Å². The van der Waals surface area contributed by atoms with Crippen LogP contribution in [-0.4, -0.2) is 13.1 Å². The molecule has 0 aromatic rings. The van der Waals surface area contributed by atoms with E-state index < -0.39 is 0 Å². The van der Waals surface area contributed by atoms with Crippen LogP contribution < -0.4 is 11.5 Å². The molecule has 0 radical (unpaired) electrons. The Bertz CT molecular complexity index is 88.0. The van der Waals surface area contributed by atoms with Crippen molar-refractivity contribution < 1.29 is 0 Å². The monoisotopic (exact) mass is 170 g/mol. The third-order valence-corrected chi connectivity index (χ3v) is 1.82. The van der Waals surface area contributed by atoms with Crippen molar-refractivity contribution in [1.29, 1.82) is 0 Å². The van der Waals surface area contributed by atoms with Gasteiger partial charge in [0.25, 0.3) is 0 Å². The highest BCUT2D eigenvalue weighted by molar-refractivity contribution is 4.81. The van der Waals surface area contributed by atoms with E-state index in [1.165, 1.54) is 25.7 Å². The van der Waals surface area contributed by atoms with Crippen LogP contribution in [0.5, 0.6) is 0 Å². The van der Waals surface area contributed by atoms with Gasteiger partial charge in [-0.05, 0) is 51.6 Å². The lowest BCUT2D eigenvalue weighted by molar-refractivity contribution is 0.743. The lowest BCUT2D eigenvalue weighted by Gasteiger charge is -1.93. The molecule has 0 saturated carbocycles. The zero-order chi connectivity index (χ0) is 9.07. The summed E-state index contributed by atoms with van der Waals surface area (Å²) < 4.78 is 0. The maximum atomic E-state index is 5.37. The smallest absolute Gasteiger partial charge is 0.00772 e. The van der Waals surface area contributed by atoms with Crippen molar-refractivity contribution in [2.24, 2.45) is 11.5 Å². The maximum absolute atomic E-state index is 5.37. The molecule has 0 fully saturated rings. The largest absolute Gasteiger partial charge is 0.330 e. The van der Waals surface area contributed by atoms with Crippen LogP contribution in [-0.2, 0) is 0 Å². The van der Waals surface area contributed by atoms with Crippen LogP contribution in [0.2, 0.25) is 0 Å². The van der Waals surface area contributed by atoms with Gasteiger partial charge in [-0.2, -0.15) is 0 Å². The van der Waals surface area contributed by atoms with Gasteiger partial charge in [-0.25, -0.2) is 0 Å². The van der Waals surface area contributed by atoms with Crippen LogP contribution in [0.4, 0.5) is 0 Å². The summed E-state index contributed by atoms with van der Waals surface area (Å²) in [6.07, 6.45) is 11.6. The Hall–Kier alpha value is -0.340. The fourth-order valence-electron chi connectivity index (χ4n) is 1.05. The van der Waals surface area contributed by atoms with Crippen LogP contribution in [0.25, 0.3) is 0 Å². The van der Waals surface area contributed by atoms with E-state index in [1.54, 1.807) is 0 Å². The molecule has 0 heterocycles. The van der Waals surface area contributed by atoms with Gasteiger partial charge in [-0.3, -0.25) is 0 Å². The van der Waals surface area contributed by atoms with Gasteiger partial charge in [0.05, 0.1) is 0 Å². The second kappa shape index (κ2) is 10.7. The minimum atomic E-state index is 0.820. The lowest BCUT2D eigenvalue weighted by atomic mass is 10.2. The molecule has 0 aromatic heterocycles. The summed E-state index contributed by atoms with van der Waals surface area (Å²) in [6.45, 7) is 1.64. The summed E-state index contributed by atoms with van der Waals surface area (Å²) in [5.74, 6) is 0. The average molecular weight is 170 g/mol. The van der Waals surface area contributed by atoms with E-state index in [4.69, 9.17) is 11.5 Å². The van der Waals surface area contributed by atoms with Gasteiger partial charge in [0.1, 0.15) is 0 Å². The molecule has 0 amide bonds. The summed E-state index contributed by atoms with van der Waals surface area (Å²) >= 11 is 0. The molecule has 2 nitrogen and oxygen atoms in total. The van der Waals surface area contributed by atoms with E-state index in [9.17, 15) is 0 Å². The van der Waals surface area contributed by atoms with Crippen molar-refractivity contribution in [3.63, 3.8) is 0 Å². The quantitative estimate of drug-likeness (QED) is 0.431. The third kappa shape index (κ3) is 9.66. The fourth-order valence-corrected chi connectivity index (χ4v) is 1.05. The SMILES string of the molecule is NCCCC/C=C/CCCCN. The molecule has 0 rings (SSSR count). The van der Waals surface area contributed by atoms with Gasteiger partial charge < -0.3 is 11.5 Å². The minimum absolute atomic E-state index is 0.820. The second-order valence-corrected chi connectivity index (χ2v) is 3.04. The van der Waals surface area contributed by atoms with E-state index in [0.717, 1.165) is 25.9 Å². The molecule has 0 aliphatic heterocycles. The topological polar surface area (TPSA) is 52.0 Å². The van der Waals surface area contributed by atoms with Gasteiger partial charge in [-0.15, -0.1) is 0 Å². The van der Waals surface area contributed by atoms with Crippen LogP contribution >= 0.6 is 0 Å². The molecule has 0 aromatic carbocycles. The molecule has 0 aliphatic carbocycles. The summed E-state index contributed by atoms with van der Waals surface area (Å²) in [4.78, 5) is 0. The molecule has 0 aliphatic rings.